The number of amides is 1. The number of hydrazone groups is 1. The molecule has 0 bridgehead atoms. The highest BCUT2D eigenvalue weighted by atomic mass is 16.2. The average molecular weight is 292 g/mol. The predicted molar refractivity (Wildman–Crippen MR) is 89.0 cm³/mol. The van der Waals surface area contributed by atoms with Crippen molar-refractivity contribution >= 4 is 28.7 Å². The molecule has 0 aliphatic heterocycles. The van der Waals surface area contributed by atoms with E-state index in [1.807, 2.05) is 31.2 Å². The van der Waals surface area contributed by atoms with Crippen molar-refractivity contribution in [3.05, 3.63) is 65.4 Å². The van der Waals surface area contributed by atoms with E-state index < -0.39 is 0 Å². The lowest BCUT2D eigenvalue weighted by molar-refractivity contribution is 0.0955. The molecule has 1 aromatic heterocycles. The molecule has 5 nitrogen and oxygen atoms in total. The van der Waals surface area contributed by atoms with Gasteiger partial charge in [0.2, 0.25) is 0 Å². The van der Waals surface area contributed by atoms with E-state index in [0.29, 0.717) is 11.3 Å². The van der Waals surface area contributed by atoms with Crippen molar-refractivity contribution in [3.8, 4) is 0 Å². The van der Waals surface area contributed by atoms with E-state index in [1.165, 1.54) is 0 Å². The third-order valence-electron chi connectivity index (χ3n) is 3.48. The molecule has 0 fully saturated rings. The number of fused-ring (bicyclic) bond motifs is 1. The standard InChI is InChI=1S/C17H16N4O/c1-11-15(14-4-2-3-5-16(14)20-11)10-19-21-17(22)12-6-8-13(18)9-7-12/h2-10,20H,18H2,1H3,(H,21,22)/b19-10+. The summed E-state index contributed by atoms with van der Waals surface area (Å²) in [5.41, 5.74) is 12.3. The summed E-state index contributed by atoms with van der Waals surface area (Å²) in [6.45, 7) is 1.98. The lowest BCUT2D eigenvalue weighted by Gasteiger charge is -2.00. The monoisotopic (exact) mass is 292 g/mol. The van der Waals surface area contributed by atoms with Crippen LogP contribution in [0.1, 0.15) is 21.6 Å². The summed E-state index contributed by atoms with van der Waals surface area (Å²) in [6.07, 6.45) is 1.66. The van der Waals surface area contributed by atoms with Crippen molar-refractivity contribution in [2.75, 3.05) is 5.73 Å². The molecule has 0 spiro atoms. The fourth-order valence-corrected chi connectivity index (χ4v) is 2.32. The van der Waals surface area contributed by atoms with Gasteiger partial charge in [-0.15, -0.1) is 0 Å². The maximum absolute atomic E-state index is 12.0. The summed E-state index contributed by atoms with van der Waals surface area (Å²) in [5, 5.41) is 5.12. The molecule has 0 saturated carbocycles. The minimum absolute atomic E-state index is 0.270. The van der Waals surface area contributed by atoms with Crippen LogP contribution in [0.5, 0.6) is 0 Å². The van der Waals surface area contributed by atoms with Crippen LogP contribution in [0.3, 0.4) is 0 Å². The highest BCUT2D eigenvalue weighted by Gasteiger charge is 2.06. The molecule has 3 aromatic rings. The zero-order valence-electron chi connectivity index (χ0n) is 12.1. The smallest absolute Gasteiger partial charge is 0.271 e. The zero-order valence-corrected chi connectivity index (χ0v) is 12.1. The van der Waals surface area contributed by atoms with Crippen molar-refractivity contribution in [2.24, 2.45) is 5.10 Å². The largest absolute Gasteiger partial charge is 0.399 e. The van der Waals surface area contributed by atoms with Crippen LogP contribution in [0, 0.1) is 6.92 Å². The second-order valence-electron chi connectivity index (χ2n) is 5.03. The number of hydrogen-bond acceptors (Lipinski definition) is 3. The molecule has 110 valence electrons. The van der Waals surface area contributed by atoms with Gasteiger partial charge in [-0.2, -0.15) is 5.10 Å². The molecule has 0 atom stereocenters. The number of aryl methyl sites for hydroxylation is 1. The topological polar surface area (TPSA) is 83.3 Å². The van der Waals surface area contributed by atoms with E-state index >= 15 is 0 Å². The van der Waals surface area contributed by atoms with Gasteiger partial charge in [0.25, 0.3) is 5.91 Å². The number of anilines is 1. The highest BCUT2D eigenvalue weighted by molar-refractivity contribution is 6.01. The van der Waals surface area contributed by atoms with E-state index in [2.05, 4.69) is 15.5 Å². The van der Waals surface area contributed by atoms with Gasteiger partial charge in [-0.3, -0.25) is 4.79 Å². The summed E-state index contributed by atoms with van der Waals surface area (Å²) in [4.78, 5) is 15.2. The second kappa shape index (κ2) is 5.73. The third kappa shape index (κ3) is 2.69. The van der Waals surface area contributed by atoms with Gasteiger partial charge >= 0.3 is 0 Å². The number of benzene rings is 2. The average Bonchev–Trinajstić information content (AvgIpc) is 2.84. The van der Waals surface area contributed by atoms with Crippen LogP contribution in [0.2, 0.25) is 0 Å². The molecule has 1 heterocycles. The number of aromatic nitrogens is 1. The first kappa shape index (κ1) is 13.9. The lowest BCUT2D eigenvalue weighted by atomic mass is 10.1. The van der Waals surface area contributed by atoms with Crippen LogP contribution in [0.25, 0.3) is 10.9 Å². The Hall–Kier alpha value is -3.08. The molecule has 0 unspecified atom stereocenters. The van der Waals surface area contributed by atoms with Crippen LogP contribution >= 0.6 is 0 Å². The number of aromatic amines is 1. The molecule has 1 amide bonds. The first-order valence-electron chi connectivity index (χ1n) is 6.91. The number of nitrogens with one attached hydrogen (secondary N) is 2. The molecule has 4 N–H and O–H groups in total. The molecule has 2 aromatic carbocycles. The van der Waals surface area contributed by atoms with Crippen molar-refractivity contribution < 1.29 is 4.79 Å². The van der Waals surface area contributed by atoms with E-state index in [1.54, 1.807) is 30.5 Å². The van der Waals surface area contributed by atoms with E-state index in [4.69, 9.17) is 5.73 Å². The number of carbonyl (C=O) groups excluding carboxylic acids is 1. The molecular formula is C17H16N4O. The van der Waals surface area contributed by atoms with E-state index in [0.717, 1.165) is 22.2 Å². The van der Waals surface area contributed by atoms with Gasteiger partial charge in [-0.05, 0) is 37.3 Å². The Labute approximate surface area is 127 Å². The summed E-state index contributed by atoms with van der Waals surface area (Å²) < 4.78 is 0. The number of para-hydroxylation sites is 1. The van der Waals surface area contributed by atoms with Gasteiger partial charge in [-0.1, -0.05) is 18.2 Å². The number of nitrogens with zero attached hydrogens (tertiary/aromatic N) is 1. The molecule has 0 aliphatic carbocycles. The molecular weight excluding hydrogens is 276 g/mol. The minimum atomic E-state index is -0.270. The van der Waals surface area contributed by atoms with Gasteiger partial charge in [-0.25, -0.2) is 5.43 Å². The number of carbonyl (C=O) groups is 1. The van der Waals surface area contributed by atoms with Gasteiger partial charge < -0.3 is 10.7 Å². The van der Waals surface area contributed by atoms with Crippen LogP contribution in [-0.2, 0) is 0 Å². The maximum Gasteiger partial charge on any atom is 0.271 e. The van der Waals surface area contributed by atoms with Gasteiger partial charge in [0.1, 0.15) is 0 Å². The van der Waals surface area contributed by atoms with Crippen molar-refractivity contribution in [3.63, 3.8) is 0 Å². The van der Waals surface area contributed by atoms with Crippen LogP contribution in [0.15, 0.2) is 53.6 Å². The molecule has 0 radical (unpaired) electrons. The molecule has 22 heavy (non-hydrogen) atoms. The van der Waals surface area contributed by atoms with Crippen molar-refractivity contribution in [1.29, 1.82) is 0 Å². The summed E-state index contributed by atoms with van der Waals surface area (Å²) >= 11 is 0. The Bertz CT molecular complexity index is 847. The predicted octanol–water partition coefficient (Wildman–Crippen LogP) is 2.82. The lowest BCUT2D eigenvalue weighted by Crippen LogP contribution is -2.17. The normalized spacial score (nSPS) is 11.1. The first-order chi connectivity index (χ1) is 10.6. The van der Waals surface area contributed by atoms with Crippen molar-refractivity contribution in [1.82, 2.24) is 10.4 Å². The summed E-state index contributed by atoms with van der Waals surface area (Å²) in [5.74, 6) is -0.270. The number of H-pyrrole nitrogens is 1. The van der Waals surface area contributed by atoms with Crippen LogP contribution < -0.4 is 11.2 Å². The zero-order chi connectivity index (χ0) is 15.5. The van der Waals surface area contributed by atoms with Gasteiger partial charge in [0, 0.05) is 33.4 Å². The Balaban J connectivity index is 1.77. The van der Waals surface area contributed by atoms with E-state index in [-0.39, 0.29) is 5.91 Å². The first-order valence-corrected chi connectivity index (χ1v) is 6.91. The molecule has 0 saturated heterocycles. The van der Waals surface area contributed by atoms with Crippen LogP contribution in [-0.4, -0.2) is 17.1 Å². The molecule has 5 heteroatoms. The Morgan fingerprint density at radius 3 is 2.68 bits per heavy atom. The quantitative estimate of drug-likeness (QED) is 0.394. The minimum Gasteiger partial charge on any atom is -0.399 e. The highest BCUT2D eigenvalue weighted by Crippen LogP contribution is 2.19. The van der Waals surface area contributed by atoms with Crippen molar-refractivity contribution in [2.45, 2.75) is 6.92 Å². The Morgan fingerprint density at radius 1 is 1.18 bits per heavy atom. The second-order valence-corrected chi connectivity index (χ2v) is 5.03. The summed E-state index contributed by atoms with van der Waals surface area (Å²) in [6, 6.07) is 14.7. The van der Waals surface area contributed by atoms with Crippen LogP contribution in [0.4, 0.5) is 5.69 Å². The van der Waals surface area contributed by atoms with Gasteiger partial charge in [0.05, 0.1) is 6.21 Å². The number of nitrogen functional groups attached to an aromatic ring is 1. The fourth-order valence-electron chi connectivity index (χ4n) is 2.32. The Morgan fingerprint density at radius 2 is 1.91 bits per heavy atom. The number of nitrogens with two attached hydrogens (primary N) is 1. The maximum atomic E-state index is 12.0. The SMILES string of the molecule is Cc1[nH]c2ccccc2c1/C=N/NC(=O)c1ccc(N)cc1. The van der Waals surface area contributed by atoms with Gasteiger partial charge in [0.15, 0.2) is 0 Å². The Kier molecular flexibility index (Phi) is 3.62. The fraction of sp³-hybridized carbons (Fsp3) is 0.0588. The number of hydrogen-bond donors (Lipinski definition) is 3. The number of rotatable bonds is 3. The van der Waals surface area contributed by atoms with E-state index in [9.17, 15) is 4.79 Å². The third-order valence-corrected chi connectivity index (χ3v) is 3.48. The summed E-state index contributed by atoms with van der Waals surface area (Å²) in [7, 11) is 0. The molecule has 3 rings (SSSR count). The molecule has 0 aliphatic rings.